The zero-order valence-electron chi connectivity index (χ0n) is 11.0. The Kier molecular flexibility index (Phi) is 4.99. The van der Waals surface area contributed by atoms with E-state index in [2.05, 4.69) is 37.2 Å². The van der Waals surface area contributed by atoms with Crippen LogP contribution in [-0.4, -0.2) is 0 Å². The fourth-order valence-electron chi connectivity index (χ4n) is 1.88. The number of nitrogens with one attached hydrogen (secondary N) is 1. The zero-order valence-corrected chi connectivity index (χ0v) is 14.2. The summed E-state index contributed by atoms with van der Waals surface area (Å²) in [7, 11) is 0. The third-order valence-corrected chi connectivity index (χ3v) is 4.19. The molecule has 1 atom stereocenters. The minimum absolute atomic E-state index is 0.107. The topological polar surface area (TPSA) is 12.0 Å². The van der Waals surface area contributed by atoms with Gasteiger partial charge in [-0.1, -0.05) is 28.1 Å². The molecular formula is C15H12Br2F3N. The molecule has 2 aromatic rings. The molecule has 0 bridgehead atoms. The molecule has 0 saturated carbocycles. The van der Waals surface area contributed by atoms with E-state index in [9.17, 15) is 13.2 Å². The van der Waals surface area contributed by atoms with E-state index in [0.29, 0.717) is 0 Å². The maximum absolute atomic E-state index is 12.5. The van der Waals surface area contributed by atoms with Crippen LogP contribution in [0, 0.1) is 0 Å². The number of hydrogen-bond acceptors (Lipinski definition) is 1. The maximum atomic E-state index is 12.5. The summed E-state index contributed by atoms with van der Waals surface area (Å²) in [6.07, 6.45) is -4.30. The number of benzene rings is 2. The van der Waals surface area contributed by atoms with E-state index >= 15 is 0 Å². The molecule has 0 aliphatic carbocycles. The van der Waals surface area contributed by atoms with Crippen molar-refractivity contribution in [1.29, 1.82) is 0 Å². The SMILES string of the molecule is CC(Nc1ccc(Br)cc1Br)c1ccc(C(F)(F)F)cc1. The van der Waals surface area contributed by atoms with Crippen molar-refractivity contribution >= 4 is 37.5 Å². The third kappa shape index (κ3) is 4.23. The predicted molar refractivity (Wildman–Crippen MR) is 85.3 cm³/mol. The fraction of sp³-hybridized carbons (Fsp3) is 0.200. The van der Waals surface area contributed by atoms with Crippen molar-refractivity contribution in [3.8, 4) is 0 Å². The van der Waals surface area contributed by atoms with Crippen LogP contribution in [-0.2, 0) is 6.18 Å². The summed E-state index contributed by atoms with van der Waals surface area (Å²) in [6, 6.07) is 10.8. The summed E-state index contributed by atoms with van der Waals surface area (Å²) in [5.41, 5.74) is 1.03. The second-order valence-corrected chi connectivity index (χ2v) is 6.38. The highest BCUT2D eigenvalue weighted by atomic mass is 79.9. The first kappa shape index (κ1) is 16.4. The van der Waals surface area contributed by atoms with E-state index in [0.717, 1.165) is 32.3 Å². The van der Waals surface area contributed by atoms with Gasteiger partial charge < -0.3 is 5.32 Å². The first-order valence-corrected chi connectivity index (χ1v) is 7.75. The first-order chi connectivity index (χ1) is 9.77. The Morgan fingerprint density at radius 2 is 1.62 bits per heavy atom. The van der Waals surface area contributed by atoms with Crippen LogP contribution in [0.25, 0.3) is 0 Å². The number of halogens is 5. The van der Waals surface area contributed by atoms with Gasteiger partial charge in [-0.2, -0.15) is 13.2 Å². The van der Waals surface area contributed by atoms with Crippen molar-refractivity contribution in [2.75, 3.05) is 5.32 Å². The minimum atomic E-state index is -4.30. The second-order valence-electron chi connectivity index (χ2n) is 4.61. The molecule has 6 heteroatoms. The van der Waals surface area contributed by atoms with Crippen molar-refractivity contribution in [3.05, 3.63) is 62.5 Å². The van der Waals surface area contributed by atoms with Crippen LogP contribution in [0.1, 0.15) is 24.1 Å². The molecule has 0 aliphatic rings. The highest BCUT2D eigenvalue weighted by Gasteiger charge is 2.30. The molecule has 0 amide bonds. The van der Waals surface area contributed by atoms with Gasteiger partial charge in [-0.3, -0.25) is 0 Å². The second kappa shape index (κ2) is 6.40. The normalized spacial score (nSPS) is 13.0. The van der Waals surface area contributed by atoms with E-state index in [1.165, 1.54) is 12.1 Å². The summed E-state index contributed by atoms with van der Waals surface area (Å²) in [5.74, 6) is 0. The Bertz CT molecular complexity index is 624. The lowest BCUT2D eigenvalue weighted by Gasteiger charge is -2.18. The molecule has 112 valence electrons. The highest BCUT2D eigenvalue weighted by Crippen LogP contribution is 2.32. The largest absolute Gasteiger partial charge is 0.416 e. The number of anilines is 1. The van der Waals surface area contributed by atoms with Gasteiger partial charge in [0.05, 0.1) is 5.56 Å². The van der Waals surface area contributed by atoms with Crippen LogP contribution in [0.4, 0.5) is 18.9 Å². The lowest BCUT2D eigenvalue weighted by Crippen LogP contribution is -2.09. The number of hydrogen-bond donors (Lipinski definition) is 1. The monoisotopic (exact) mass is 421 g/mol. The molecule has 0 aliphatic heterocycles. The van der Waals surface area contributed by atoms with E-state index in [4.69, 9.17) is 0 Å². The van der Waals surface area contributed by atoms with E-state index in [-0.39, 0.29) is 6.04 Å². The quantitative estimate of drug-likeness (QED) is 0.603. The summed E-state index contributed by atoms with van der Waals surface area (Å²) in [5, 5.41) is 3.26. The predicted octanol–water partition coefficient (Wildman–Crippen LogP) is 6.40. The molecule has 0 radical (unpaired) electrons. The van der Waals surface area contributed by atoms with Crippen molar-refractivity contribution in [3.63, 3.8) is 0 Å². The highest BCUT2D eigenvalue weighted by molar-refractivity contribution is 9.11. The summed E-state index contributed by atoms with van der Waals surface area (Å²) < 4.78 is 39.4. The van der Waals surface area contributed by atoms with Gasteiger partial charge in [0.25, 0.3) is 0 Å². The van der Waals surface area contributed by atoms with Crippen LogP contribution >= 0.6 is 31.9 Å². The first-order valence-electron chi connectivity index (χ1n) is 6.16. The average molecular weight is 423 g/mol. The molecule has 0 saturated heterocycles. The van der Waals surface area contributed by atoms with Crippen LogP contribution in [0.2, 0.25) is 0 Å². The van der Waals surface area contributed by atoms with Gasteiger partial charge in [-0.15, -0.1) is 0 Å². The molecule has 1 N–H and O–H groups in total. The molecule has 1 unspecified atom stereocenters. The Morgan fingerprint density at radius 1 is 1.00 bits per heavy atom. The molecule has 0 heterocycles. The van der Waals surface area contributed by atoms with E-state index < -0.39 is 11.7 Å². The van der Waals surface area contributed by atoms with Gasteiger partial charge in [-0.25, -0.2) is 0 Å². The molecule has 2 rings (SSSR count). The van der Waals surface area contributed by atoms with Crippen LogP contribution < -0.4 is 5.32 Å². The standard InChI is InChI=1S/C15H12Br2F3N/c1-9(21-14-7-6-12(16)8-13(14)17)10-2-4-11(5-3-10)15(18,19)20/h2-9,21H,1H3. The van der Waals surface area contributed by atoms with Crippen molar-refractivity contribution in [2.45, 2.75) is 19.1 Å². The number of alkyl halides is 3. The molecule has 0 spiro atoms. The minimum Gasteiger partial charge on any atom is -0.378 e. The third-order valence-electron chi connectivity index (χ3n) is 3.04. The van der Waals surface area contributed by atoms with Gasteiger partial charge in [0.1, 0.15) is 0 Å². The number of rotatable bonds is 3. The Morgan fingerprint density at radius 3 is 2.14 bits per heavy atom. The molecule has 1 nitrogen and oxygen atoms in total. The average Bonchev–Trinajstić information content (AvgIpc) is 2.41. The summed E-state index contributed by atoms with van der Waals surface area (Å²) in [4.78, 5) is 0. The van der Waals surface area contributed by atoms with E-state index in [1.807, 2.05) is 25.1 Å². The van der Waals surface area contributed by atoms with Gasteiger partial charge in [-0.05, 0) is 58.7 Å². The Labute approximate surface area is 137 Å². The van der Waals surface area contributed by atoms with Crippen LogP contribution in [0.5, 0.6) is 0 Å². The lowest BCUT2D eigenvalue weighted by molar-refractivity contribution is -0.137. The van der Waals surface area contributed by atoms with Crippen molar-refractivity contribution < 1.29 is 13.2 Å². The van der Waals surface area contributed by atoms with Crippen molar-refractivity contribution in [1.82, 2.24) is 0 Å². The van der Waals surface area contributed by atoms with Crippen LogP contribution in [0.15, 0.2) is 51.4 Å². The Hall–Kier alpha value is -1.01. The maximum Gasteiger partial charge on any atom is 0.416 e. The van der Waals surface area contributed by atoms with Gasteiger partial charge >= 0.3 is 6.18 Å². The molecule has 0 aromatic heterocycles. The smallest absolute Gasteiger partial charge is 0.378 e. The lowest BCUT2D eigenvalue weighted by atomic mass is 10.1. The molecule has 2 aromatic carbocycles. The fourth-order valence-corrected chi connectivity index (χ4v) is 3.05. The van der Waals surface area contributed by atoms with Crippen LogP contribution in [0.3, 0.4) is 0 Å². The summed E-state index contributed by atoms with van der Waals surface area (Å²) in [6.45, 7) is 1.90. The zero-order chi connectivity index (χ0) is 15.6. The van der Waals surface area contributed by atoms with Gasteiger partial charge in [0.15, 0.2) is 0 Å². The molecular weight excluding hydrogens is 411 g/mol. The van der Waals surface area contributed by atoms with Gasteiger partial charge in [0.2, 0.25) is 0 Å². The van der Waals surface area contributed by atoms with E-state index in [1.54, 1.807) is 0 Å². The van der Waals surface area contributed by atoms with Crippen molar-refractivity contribution in [2.24, 2.45) is 0 Å². The van der Waals surface area contributed by atoms with Gasteiger partial charge in [0, 0.05) is 20.7 Å². The summed E-state index contributed by atoms with van der Waals surface area (Å²) >= 11 is 6.81. The molecule has 0 fully saturated rings. The molecule has 21 heavy (non-hydrogen) atoms. The Balaban J connectivity index is 2.15.